The fourth-order valence-electron chi connectivity index (χ4n) is 2.97. The zero-order chi connectivity index (χ0) is 18.7. The molecule has 4 rings (SSSR count). The van der Waals surface area contributed by atoms with Crippen molar-refractivity contribution in [2.45, 2.75) is 17.7 Å². The van der Waals surface area contributed by atoms with Crippen molar-refractivity contribution >= 4 is 26.7 Å². The van der Waals surface area contributed by atoms with Crippen LogP contribution in [0.4, 0.5) is 5.69 Å². The molecule has 1 aromatic heterocycles. The number of H-pyrrole nitrogens is 1. The zero-order valence-electron chi connectivity index (χ0n) is 14.6. The average molecular weight is 377 g/mol. The predicted molar refractivity (Wildman–Crippen MR) is 107 cm³/mol. The summed E-state index contributed by atoms with van der Waals surface area (Å²) in [5, 5.41) is 0. The van der Waals surface area contributed by atoms with Gasteiger partial charge < -0.3 is 4.98 Å². The fraction of sp³-hybridized carbons (Fsp3) is 0.0952. The van der Waals surface area contributed by atoms with Crippen molar-refractivity contribution in [3.8, 4) is 0 Å². The summed E-state index contributed by atoms with van der Waals surface area (Å²) in [7, 11) is -3.61. The molecular weight excluding hydrogens is 358 g/mol. The Morgan fingerprint density at radius 3 is 2.30 bits per heavy atom. The van der Waals surface area contributed by atoms with E-state index in [1.165, 1.54) is 5.56 Å². The topological polar surface area (TPSA) is 74.8 Å². The largest absolute Gasteiger partial charge is 0.342 e. The Balaban J connectivity index is 1.52. The Labute approximate surface area is 158 Å². The minimum Gasteiger partial charge on any atom is -0.342 e. The number of benzene rings is 3. The summed E-state index contributed by atoms with van der Waals surface area (Å²) in [5.74, 6) is 0.886. The highest BCUT2D eigenvalue weighted by molar-refractivity contribution is 7.92. The van der Waals surface area contributed by atoms with Gasteiger partial charge in [0.05, 0.1) is 21.6 Å². The minimum absolute atomic E-state index is 0.234. The number of nitrogens with one attached hydrogen (secondary N) is 2. The zero-order valence-corrected chi connectivity index (χ0v) is 15.4. The maximum absolute atomic E-state index is 12.5. The smallest absolute Gasteiger partial charge is 0.261 e. The summed E-state index contributed by atoms with van der Waals surface area (Å²) in [6.45, 7) is 0. The van der Waals surface area contributed by atoms with Crippen LogP contribution in [0.5, 0.6) is 0 Å². The van der Waals surface area contributed by atoms with Crippen molar-refractivity contribution < 1.29 is 8.42 Å². The molecule has 0 spiro atoms. The van der Waals surface area contributed by atoms with E-state index in [9.17, 15) is 8.42 Å². The first-order valence-electron chi connectivity index (χ1n) is 8.71. The number of hydrogen-bond donors (Lipinski definition) is 2. The van der Waals surface area contributed by atoms with Gasteiger partial charge in [-0.05, 0) is 42.3 Å². The number of aromatic amines is 1. The normalized spacial score (nSPS) is 11.6. The molecule has 1 heterocycles. The van der Waals surface area contributed by atoms with Crippen molar-refractivity contribution in [3.05, 3.63) is 90.3 Å². The van der Waals surface area contributed by atoms with Gasteiger partial charge in [-0.3, -0.25) is 4.72 Å². The van der Waals surface area contributed by atoms with E-state index < -0.39 is 10.0 Å². The fourth-order valence-corrected chi connectivity index (χ4v) is 4.04. The molecule has 2 N–H and O–H groups in total. The molecule has 0 saturated carbocycles. The van der Waals surface area contributed by atoms with Gasteiger partial charge >= 0.3 is 0 Å². The molecule has 0 fully saturated rings. The molecule has 136 valence electrons. The first kappa shape index (κ1) is 17.3. The van der Waals surface area contributed by atoms with E-state index >= 15 is 0 Å². The summed E-state index contributed by atoms with van der Waals surface area (Å²) in [5.41, 5.74) is 3.39. The monoisotopic (exact) mass is 377 g/mol. The Morgan fingerprint density at radius 2 is 1.56 bits per heavy atom. The average Bonchev–Trinajstić information content (AvgIpc) is 3.10. The van der Waals surface area contributed by atoms with Gasteiger partial charge in [-0.25, -0.2) is 13.4 Å². The van der Waals surface area contributed by atoms with E-state index in [1.54, 1.807) is 42.5 Å². The van der Waals surface area contributed by atoms with E-state index in [1.807, 2.05) is 24.3 Å². The summed E-state index contributed by atoms with van der Waals surface area (Å²) in [6, 6.07) is 23.9. The SMILES string of the molecule is O=S(=O)(Nc1ccc2nc(CCc3ccccc3)[nH]c2c1)c1ccccc1. The first-order valence-corrected chi connectivity index (χ1v) is 10.2. The molecule has 0 saturated heterocycles. The van der Waals surface area contributed by atoms with Gasteiger partial charge in [0.15, 0.2) is 0 Å². The molecule has 0 aliphatic heterocycles. The molecule has 27 heavy (non-hydrogen) atoms. The number of imidazole rings is 1. The number of aromatic nitrogens is 2. The highest BCUT2D eigenvalue weighted by Gasteiger charge is 2.14. The van der Waals surface area contributed by atoms with E-state index in [-0.39, 0.29) is 4.90 Å². The van der Waals surface area contributed by atoms with Crippen molar-refractivity contribution in [2.75, 3.05) is 4.72 Å². The second-order valence-corrected chi connectivity index (χ2v) is 8.00. The molecule has 5 nitrogen and oxygen atoms in total. The quantitative estimate of drug-likeness (QED) is 0.530. The lowest BCUT2D eigenvalue weighted by molar-refractivity contribution is 0.601. The second kappa shape index (κ2) is 7.25. The van der Waals surface area contributed by atoms with Gasteiger partial charge in [0.1, 0.15) is 5.82 Å². The summed E-state index contributed by atoms with van der Waals surface area (Å²) in [4.78, 5) is 8.11. The van der Waals surface area contributed by atoms with Crippen LogP contribution in [0.25, 0.3) is 11.0 Å². The molecule has 4 aromatic rings. The van der Waals surface area contributed by atoms with E-state index in [2.05, 4.69) is 26.8 Å². The molecular formula is C21H19N3O2S. The van der Waals surface area contributed by atoms with Crippen LogP contribution in [-0.4, -0.2) is 18.4 Å². The standard InChI is InChI=1S/C21H19N3O2S/c25-27(26,18-9-5-2-6-10-18)24-17-12-13-19-20(15-17)23-21(22-19)14-11-16-7-3-1-4-8-16/h1-10,12-13,15,24H,11,14H2,(H,22,23). The van der Waals surface area contributed by atoms with Crippen LogP contribution in [0.1, 0.15) is 11.4 Å². The van der Waals surface area contributed by atoms with Crippen LogP contribution < -0.4 is 4.72 Å². The number of hydrogen-bond acceptors (Lipinski definition) is 3. The third kappa shape index (κ3) is 4.01. The molecule has 0 aliphatic rings. The third-order valence-electron chi connectivity index (χ3n) is 4.33. The van der Waals surface area contributed by atoms with Gasteiger partial charge in [0.25, 0.3) is 10.0 Å². The van der Waals surface area contributed by atoms with Crippen LogP contribution in [0.15, 0.2) is 83.8 Å². The van der Waals surface area contributed by atoms with Gasteiger partial charge in [0, 0.05) is 6.42 Å². The molecule has 0 aliphatic carbocycles. The molecule has 0 bridgehead atoms. The molecule has 0 radical (unpaired) electrons. The lowest BCUT2D eigenvalue weighted by atomic mass is 10.1. The Bertz CT molecular complexity index is 1150. The van der Waals surface area contributed by atoms with E-state index in [4.69, 9.17) is 0 Å². The van der Waals surface area contributed by atoms with Crippen LogP contribution >= 0.6 is 0 Å². The molecule has 0 amide bonds. The Kier molecular flexibility index (Phi) is 4.64. The Morgan fingerprint density at radius 1 is 0.852 bits per heavy atom. The molecule has 0 atom stereocenters. The molecule has 3 aromatic carbocycles. The van der Waals surface area contributed by atoms with E-state index in [0.717, 1.165) is 29.7 Å². The number of fused-ring (bicyclic) bond motifs is 1. The first-order chi connectivity index (χ1) is 13.1. The Hall–Kier alpha value is -3.12. The predicted octanol–water partition coefficient (Wildman–Crippen LogP) is 4.15. The van der Waals surface area contributed by atoms with Crippen molar-refractivity contribution in [1.29, 1.82) is 0 Å². The van der Waals surface area contributed by atoms with Crippen LogP contribution in [0, 0.1) is 0 Å². The van der Waals surface area contributed by atoms with Crippen molar-refractivity contribution in [1.82, 2.24) is 9.97 Å². The number of aryl methyl sites for hydroxylation is 2. The van der Waals surface area contributed by atoms with E-state index in [0.29, 0.717) is 5.69 Å². The van der Waals surface area contributed by atoms with Gasteiger partial charge in [0.2, 0.25) is 0 Å². The summed E-state index contributed by atoms with van der Waals surface area (Å²) >= 11 is 0. The van der Waals surface area contributed by atoms with Crippen LogP contribution in [0.2, 0.25) is 0 Å². The van der Waals surface area contributed by atoms with Gasteiger partial charge in [-0.2, -0.15) is 0 Å². The molecule has 6 heteroatoms. The number of sulfonamides is 1. The maximum Gasteiger partial charge on any atom is 0.261 e. The highest BCUT2D eigenvalue weighted by atomic mass is 32.2. The maximum atomic E-state index is 12.5. The minimum atomic E-state index is -3.61. The lowest BCUT2D eigenvalue weighted by Gasteiger charge is -2.07. The number of rotatable bonds is 6. The number of anilines is 1. The van der Waals surface area contributed by atoms with Crippen molar-refractivity contribution in [2.24, 2.45) is 0 Å². The van der Waals surface area contributed by atoms with Gasteiger partial charge in [-0.15, -0.1) is 0 Å². The van der Waals surface area contributed by atoms with Crippen LogP contribution in [-0.2, 0) is 22.9 Å². The van der Waals surface area contributed by atoms with Gasteiger partial charge in [-0.1, -0.05) is 48.5 Å². The van der Waals surface area contributed by atoms with Crippen LogP contribution in [0.3, 0.4) is 0 Å². The third-order valence-corrected chi connectivity index (χ3v) is 5.73. The lowest BCUT2D eigenvalue weighted by Crippen LogP contribution is -2.12. The highest BCUT2D eigenvalue weighted by Crippen LogP contribution is 2.21. The van der Waals surface area contributed by atoms with Crippen molar-refractivity contribution in [3.63, 3.8) is 0 Å². The second-order valence-electron chi connectivity index (χ2n) is 6.32. The molecule has 0 unspecified atom stereocenters. The summed E-state index contributed by atoms with van der Waals surface area (Å²) in [6.07, 6.45) is 1.69. The number of nitrogens with zero attached hydrogens (tertiary/aromatic N) is 1. The summed E-state index contributed by atoms with van der Waals surface area (Å²) < 4.78 is 27.5.